The third-order valence-electron chi connectivity index (χ3n) is 6.40. The van der Waals surface area contributed by atoms with Crippen LogP contribution in [0.2, 0.25) is 0 Å². The summed E-state index contributed by atoms with van der Waals surface area (Å²) in [6.07, 6.45) is 9.48. The monoisotopic (exact) mass is 436 g/mol. The molecule has 2 fully saturated rings. The molecule has 0 spiro atoms. The highest BCUT2D eigenvalue weighted by Crippen LogP contribution is 2.30. The number of nitrogens with one attached hydrogen (secondary N) is 1. The number of nitrogens with zero attached hydrogens (tertiary/aromatic N) is 3. The standard InChI is InChI=1S/C24H28N4O2S/c29-23(27-24-25-11-14-31-24)19-15-21(26-20-10-6-5-9-18(19)20)22-16-28(12-13-30-22)17-7-3-1-2-4-8-17/h5-6,9-11,14-15,17,22H,1-4,7-8,12-13,16H2,(H,25,27,29)/t22-/m1/s1. The molecule has 1 saturated heterocycles. The number of amides is 1. The fraction of sp³-hybridized carbons (Fsp3) is 0.458. The number of pyridine rings is 1. The van der Waals surface area contributed by atoms with E-state index in [4.69, 9.17) is 9.72 Å². The lowest BCUT2D eigenvalue weighted by molar-refractivity contribution is -0.0487. The van der Waals surface area contributed by atoms with Crippen molar-refractivity contribution in [2.24, 2.45) is 0 Å². The van der Waals surface area contributed by atoms with E-state index in [1.54, 1.807) is 6.20 Å². The van der Waals surface area contributed by atoms with Crippen LogP contribution in [0.5, 0.6) is 0 Å². The molecule has 1 atom stereocenters. The van der Waals surface area contributed by atoms with Crippen LogP contribution in [0.25, 0.3) is 10.9 Å². The number of aromatic nitrogens is 2. The Labute approximate surface area is 186 Å². The van der Waals surface area contributed by atoms with E-state index in [0.29, 0.717) is 23.3 Å². The summed E-state index contributed by atoms with van der Waals surface area (Å²) < 4.78 is 6.16. The fourth-order valence-electron chi connectivity index (χ4n) is 4.80. The highest BCUT2D eigenvalue weighted by molar-refractivity contribution is 7.13. The van der Waals surface area contributed by atoms with Gasteiger partial charge in [-0.3, -0.25) is 15.0 Å². The van der Waals surface area contributed by atoms with Crippen LogP contribution < -0.4 is 5.32 Å². The molecular formula is C24H28N4O2S. The van der Waals surface area contributed by atoms with Crippen LogP contribution >= 0.6 is 11.3 Å². The third-order valence-corrected chi connectivity index (χ3v) is 7.09. The van der Waals surface area contributed by atoms with Gasteiger partial charge in [0.15, 0.2) is 5.13 Å². The van der Waals surface area contributed by atoms with Gasteiger partial charge in [-0.1, -0.05) is 43.9 Å². The Morgan fingerprint density at radius 2 is 2.00 bits per heavy atom. The zero-order valence-corrected chi connectivity index (χ0v) is 18.4. The number of rotatable bonds is 4. The van der Waals surface area contributed by atoms with Crippen molar-refractivity contribution in [3.05, 3.63) is 53.2 Å². The quantitative estimate of drug-likeness (QED) is 0.581. The molecule has 3 aromatic rings. The first kappa shape index (κ1) is 20.5. The van der Waals surface area contributed by atoms with E-state index in [9.17, 15) is 4.79 Å². The fourth-order valence-corrected chi connectivity index (χ4v) is 5.32. The van der Waals surface area contributed by atoms with E-state index >= 15 is 0 Å². The van der Waals surface area contributed by atoms with Crippen molar-refractivity contribution in [3.63, 3.8) is 0 Å². The third kappa shape index (κ3) is 4.63. The van der Waals surface area contributed by atoms with Gasteiger partial charge in [0, 0.05) is 36.1 Å². The minimum Gasteiger partial charge on any atom is -0.369 e. The van der Waals surface area contributed by atoms with Gasteiger partial charge in [-0.2, -0.15) is 0 Å². The van der Waals surface area contributed by atoms with Gasteiger partial charge in [0.2, 0.25) is 0 Å². The number of benzene rings is 1. The Kier molecular flexibility index (Phi) is 6.25. The van der Waals surface area contributed by atoms with E-state index in [1.165, 1.54) is 49.9 Å². The first-order valence-electron chi connectivity index (χ1n) is 11.2. The van der Waals surface area contributed by atoms with Gasteiger partial charge >= 0.3 is 0 Å². The van der Waals surface area contributed by atoms with Gasteiger partial charge in [-0.15, -0.1) is 11.3 Å². The Bertz CT molecular complexity index is 1030. The highest BCUT2D eigenvalue weighted by Gasteiger charge is 2.29. The van der Waals surface area contributed by atoms with Crippen molar-refractivity contribution < 1.29 is 9.53 Å². The largest absolute Gasteiger partial charge is 0.369 e. The molecule has 1 aromatic carbocycles. The van der Waals surface area contributed by atoms with Crippen LogP contribution in [0.15, 0.2) is 41.9 Å². The molecule has 1 aliphatic carbocycles. The van der Waals surface area contributed by atoms with Gasteiger partial charge in [-0.25, -0.2) is 9.97 Å². The Hall–Kier alpha value is -2.35. The summed E-state index contributed by atoms with van der Waals surface area (Å²) in [5, 5.41) is 6.21. The number of para-hydroxylation sites is 1. The van der Waals surface area contributed by atoms with E-state index in [2.05, 4.69) is 15.2 Å². The molecule has 1 aliphatic heterocycles. The maximum atomic E-state index is 13.1. The highest BCUT2D eigenvalue weighted by atomic mass is 32.1. The zero-order valence-electron chi connectivity index (χ0n) is 17.6. The molecule has 6 nitrogen and oxygen atoms in total. The smallest absolute Gasteiger partial charge is 0.258 e. The molecule has 162 valence electrons. The predicted octanol–water partition coefficient (Wildman–Crippen LogP) is 5.04. The lowest BCUT2D eigenvalue weighted by Crippen LogP contribution is -2.44. The molecule has 0 unspecified atom stereocenters. The van der Waals surface area contributed by atoms with Gasteiger partial charge in [-0.05, 0) is 25.0 Å². The minimum absolute atomic E-state index is 0.118. The zero-order chi connectivity index (χ0) is 21.0. The maximum absolute atomic E-state index is 13.1. The molecule has 7 heteroatoms. The maximum Gasteiger partial charge on any atom is 0.258 e. The van der Waals surface area contributed by atoms with Crippen LogP contribution in [-0.2, 0) is 4.74 Å². The topological polar surface area (TPSA) is 67.4 Å². The molecule has 3 heterocycles. The van der Waals surface area contributed by atoms with E-state index < -0.39 is 0 Å². The number of thiazole rings is 1. The van der Waals surface area contributed by atoms with Crippen molar-refractivity contribution in [2.45, 2.75) is 50.7 Å². The number of ether oxygens (including phenoxy) is 1. The minimum atomic E-state index is -0.161. The SMILES string of the molecule is O=C(Nc1nccs1)c1cc([C@H]2CN(C3CCCCCC3)CCO2)nc2ccccc12. The number of morpholine rings is 1. The first-order valence-corrected chi connectivity index (χ1v) is 12.1. The second kappa shape index (κ2) is 9.42. The summed E-state index contributed by atoms with van der Waals surface area (Å²) >= 11 is 1.41. The van der Waals surface area contributed by atoms with Gasteiger partial charge in [0.05, 0.1) is 23.4 Å². The first-order chi connectivity index (χ1) is 15.3. The van der Waals surface area contributed by atoms with Crippen LogP contribution in [0.1, 0.15) is 60.7 Å². The number of anilines is 1. The molecule has 31 heavy (non-hydrogen) atoms. The Morgan fingerprint density at radius 1 is 1.16 bits per heavy atom. The molecule has 1 saturated carbocycles. The summed E-state index contributed by atoms with van der Waals surface area (Å²) in [7, 11) is 0. The second-order valence-electron chi connectivity index (χ2n) is 8.40. The summed E-state index contributed by atoms with van der Waals surface area (Å²) in [4.78, 5) is 24.8. The van der Waals surface area contributed by atoms with Gasteiger partial charge in [0.1, 0.15) is 6.10 Å². The average molecular weight is 437 g/mol. The summed E-state index contributed by atoms with van der Waals surface area (Å²) in [6, 6.07) is 10.4. The van der Waals surface area contributed by atoms with E-state index in [0.717, 1.165) is 29.7 Å². The molecule has 0 radical (unpaired) electrons. The number of carbonyl (C=O) groups is 1. The van der Waals surface area contributed by atoms with Gasteiger partial charge in [0.25, 0.3) is 5.91 Å². The summed E-state index contributed by atoms with van der Waals surface area (Å²) in [5.41, 5.74) is 2.27. The second-order valence-corrected chi connectivity index (χ2v) is 9.30. The number of fused-ring (bicyclic) bond motifs is 1. The lowest BCUT2D eigenvalue weighted by Gasteiger charge is -2.38. The van der Waals surface area contributed by atoms with E-state index in [1.807, 2.05) is 35.7 Å². The van der Waals surface area contributed by atoms with Crippen molar-refractivity contribution >= 4 is 33.3 Å². The van der Waals surface area contributed by atoms with Crippen LogP contribution in [0.4, 0.5) is 5.13 Å². The predicted molar refractivity (Wildman–Crippen MR) is 124 cm³/mol. The molecule has 1 N–H and O–H groups in total. The number of carbonyl (C=O) groups excluding carboxylic acids is 1. The Morgan fingerprint density at radius 3 is 2.81 bits per heavy atom. The van der Waals surface area contributed by atoms with Crippen molar-refractivity contribution in [1.82, 2.24) is 14.9 Å². The number of hydrogen-bond donors (Lipinski definition) is 1. The molecule has 2 aliphatic rings. The van der Waals surface area contributed by atoms with Crippen molar-refractivity contribution in [2.75, 3.05) is 25.0 Å². The summed E-state index contributed by atoms with van der Waals surface area (Å²) in [5.74, 6) is -0.161. The number of hydrogen-bond acceptors (Lipinski definition) is 6. The van der Waals surface area contributed by atoms with Crippen LogP contribution in [-0.4, -0.2) is 46.5 Å². The average Bonchev–Trinajstić information content (AvgIpc) is 3.17. The molecular weight excluding hydrogens is 408 g/mol. The van der Waals surface area contributed by atoms with Crippen molar-refractivity contribution in [1.29, 1.82) is 0 Å². The molecule has 5 rings (SSSR count). The summed E-state index contributed by atoms with van der Waals surface area (Å²) in [6.45, 7) is 2.52. The molecule has 1 amide bonds. The molecule has 0 bridgehead atoms. The van der Waals surface area contributed by atoms with Crippen LogP contribution in [0.3, 0.4) is 0 Å². The Balaban J connectivity index is 1.43. The lowest BCUT2D eigenvalue weighted by atomic mass is 10.0. The van der Waals surface area contributed by atoms with Crippen LogP contribution in [0, 0.1) is 0 Å². The van der Waals surface area contributed by atoms with E-state index in [-0.39, 0.29) is 12.0 Å². The normalized spacial score (nSPS) is 21.1. The molecule has 2 aromatic heterocycles. The van der Waals surface area contributed by atoms with Gasteiger partial charge < -0.3 is 4.74 Å². The van der Waals surface area contributed by atoms with Crippen molar-refractivity contribution in [3.8, 4) is 0 Å².